The maximum atomic E-state index is 12.4. The third-order valence-electron chi connectivity index (χ3n) is 3.55. The highest BCUT2D eigenvalue weighted by atomic mass is 35.5. The lowest BCUT2D eigenvalue weighted by molar-refractivity contribution is -0.140. The molecule has 0 saturated carbocycles. The van der Waals surface area contributed by atoms with Crippen LogP contribution in [0.25, 0.3) is 0 Å². The van der Waals surface area contributed by atoms with Crippen molar-refractivity contribution in [3.8, 4) is 0 Å². The number of methoxy groups -OCH3 is 1. The first-order valence-electron chi connectivity index (χ1n) is 6.60. The van der Waals surface area contributed by atoms with E-state index in [4.69, 9.17) is 4.74 Å². The lowest BCUT2D eigenvalue weighted by Crippen LogP contribution is -2.51. The molecule has 2 heterocycles. The van der Waals surface area contributed by atoms with Gasteiger partial charge in [-0.2, -0.15) is 0 Å². The molecular weight excluding hydrogens is 298 g/mol. The number of ether oxygens (including phenoxy) is 1. The van der Waals surface area contributed by atoms with Gasteiger partial charge in [0, 0.05) is 12.5 Å². The van der Waals surface area contributed by atoms with Gasteiger partial charge in [-0.15, -0.1) is 23.7 Å². The number of nitrogens with zero attached hydrogens (tertiary/aromatic N) is 1. The third kappa shape index (κ3) is 3.69. The van der Waals surface area contributed by atoms with Crippen LogP contribution in [0.2, 0.25) is 0 Å². The molecule has 0 spiro atoms. The number of nitrogens with one attached hydrogen (secondary N) is 2. The Hall–Kier alpha value is -0.690. The van der Waals surface area contributed by atoms with E-state index in [1.165, 1.54) is 11.3 Å². The summed E-state index contributed by atoms with van der Waals surface area (Å²) in [5, 5.41) is 8.78. The van der Waals surface area contributed by atoms with Crippen LogP contribution in [0, 0.1) is 0 Å². The molecule has 114 valence electrons. The topological polar surface area (TPSA) is 63.2 Å². The number of amides is 1. The van der Waals surface area contributed by atoms with E-state index in [-0.39, 0.29) is 18.3 Å². The number of aromatic nitrogens is 1. The van der Waals surface area contributed by atoms with Gasteiger partial charge in [-0.3, -0.25) is 10.1 Å². The molecule has 1 aromatic rings. The summed E-state index contributed by atoms with van der Waals surface area (Å²) in [6, 6.07) is 0. The minimum Gasteiger partial charge on any atom is -0.368 e. The van der Waals surface area contributed by atoms with Crippen molar-refractivity contribution in [3.63, 3.8) is 0 Å². The van der Waals surface area contributed by atoms with E-state index in [0.717, 1.165) is 18.8 Å². The zero-order chi connectivity index (χ0) is 13.9. The van der Waals surface area contributed by atoms with Crippen molar-refractivity contribution in [2.24, 2.45) is 0 Å². The van der Waals surface area contributed by atoms with Crippen molar-refractivity contribution in [1.82, 2.24) is 10.3 Å². The van der Waals surface area contributed by atoms with E-state index >= 15 is 0 Å². The van der Waals surface area contributed by atoms with Gasteiger partial charge < -0.3 is 10.1 Å². The second kappa shape index (κ2) is 7.36. The maximum absolute atomic E-state index is 12.4. The van der Waals surface area contributed by atoms with Gasteiger partial charge in [0.25, 0.3) is 5.91 Å². The van der Waals surface area contributed by atoms with Crippen LogP contribution < -0.4 is 10.6 Å². The van der Waals surface area contributed by atoms with Gasteiger partial charge in [0.05, 0.1) is 5.69 Å². The molecule has 2 rings (SSSR count). The standard InChI is InChI=1S/C13H21N3O2S.ClH/c1-9(2)10-8-19-12(15-10)16-11(17)13(18-3)4-6-14-7-5-13;/h8-9,14H,4-7H2,1-3H3,(H,15,16,17);1H. The van der Waals surface area contributed by atoms with E-state index in [2.05, 4.69) is 29.5 Å². The summed E-state index contributed by atoms with van der Waals surface area (Å²) < 4.78 is 5.49. The summed E-state index contributed by atoms with van der Waals surface area (Å²) in [5.41, 5.74) is 0.298. The molecule has 0 aromatic carbocycles. The van der Waals surface area contributed by atoms with E-state index in [9.17, 15) is 4.79 Å². The Morgan fingerprint density at radius 2 is 2.15 bits per heavy atom. The van der Waals surface area contributed by atoms with E-state index in [1.807, 2.05) is 5.38 Å². The van der Waals surface area contributed by atoms with E-state index < -0.39 is 5.60 Å². The van der Waals surface area contributed by atoms with Gasteiger partial charge in [0.2, 0.25) is 0 Å². The van der Waals surface area contributed by atoms with Gasteiger partial charge in [-0.05, 0) is 31.8 Å². The molecule has 0 bridgehead atoms. The summed E-state index contributed by atoms with van der Waals surface area (Å²) in [6.45, 7) is 5.78. The number of anilines is 1. The molecule has 0 unspecified atom stereocenters. The van der Waals surface area contributed by atoms with Crippen LogP contribution in [-0.2, 0) is 9.53 Å². The van der Waals surface area contributed by atoms with Crippen molar-refractivity contribution in [1.29, 1.82) is 0 Å². The highest BCUT2D eigenvalue weighted by molar-refractivity contribution is 7.13. The summed E-state index contributed by atoms with van der Waals surface area (Å²) in [5.74, 6) is 0.290. The van der Waals surface area contributed by atoms with E-state index in [0.29, 0.717) is 23.9 Å². The van der Waals surface area contributed by atoms with Crippen molar-refractivity contribution in [2.75, 3.05) is 25.5 Å². The van der Waals surface area contributed by atoms with Crippen molar-refractivity contribution >= 4 is 34.8 Å². The van der Waals surface area contributed by atoms with Gasteiger partial charge in [-0.25, -0.2) is 4.98 Å². The molecule has 0 aliphatic carbocycles. The molecule has 1 aromatic heterocycles. The summed E-state index contributed by atoms with van der Waals surface area (Å²) in [7, 11) is 1.60. The summed E-state index contributed by atoms with van der Waals surface area (Å²) >= 11 is 1.47. The molecule has 0 atom stereocenters. The average molecular weight is 320 g/mol. The number of piperidine rings is 1. The maximum Gasteiger partial charge on any atom is 0.258 e. The smallest absolute Gasteiger partial charge is 0.258 e. The first kappa shape index (κ1) is 17.4. The third-order valence-corrected chi connectivity index (χ3v) is 4.33. The first-order chi connectivity index (χ1) is 9.07. The fourth-order valence-electron chi connectivity index (χ4n) is 2.17. The minimum absolute atomic E-state index is 0. The van der Waals surface area contributed by atoms with Crippen LogP contribution >= 0.6 is 23.7 Å². The number of hydrogen-bond donors (Lipinski definition) is 2. The minimum atomic E-state index is -0.713. The Morgan fingerprint density at radius 1 is 1.50 bits per heavy atom. The molecule has 5 nitrogen and oxygen atoms in total. The second-order valence-electron chi connectivity index (χ2n) is 5.13. The molecular formula is C13H22ClN3O2S. The zero-order valence-corrected chi connectivity index (χ0v) is 13.7. The number of thiazole rings is 1. The Kier molecular flexibility index (Phi) is 6.39. The van der Waals surface area contributed by atoms with Crippen molar-refractivity contribution in [2.45, 2.75) is 38.2 Å². The van der Waals surface area contributed by atoms with Gasteiger partial charge in [0.1, 0.15) is 5.60 Å². The van der Waals surface area contributed by atoms with Crippen molar-refractivity contribution in [3.05, 3.63) is 11.1 Å². The molecule has 1 fully saturated rings. The highest BCUT2D eigenvalue weighted by Gasteiger charge is 2.40. The fourth-order valence-corrected chi connectivity index (χ4v) is 3.04. The highest BCUT2D eigenvalue weighted by Crippen LogP contribution is 2.26. The molecule has 2 N–H and O–H groups in total. The molecule has 1 aliphatic heterocycles. The van der Waals surface area contributed by atoms with Crippen LogP contribution in [0.15, 0.2) is 5.38 Å². The monoisotopic (exact) mass is 319 g/mol. The van der Waals surface area contributed by atoms with Gasteiger partial charge in [-0.1, -0.05) is 13.8 Å². The van der Waals surface area contributed by atoms with Crippen LogP contribution in [0.5, 0.6) is 0 Å². The Labute approximate surface area is 129 Å². The molecule has 1 amide bonds. The Bertz CT molecular complexity index is 445. The zero-order valence-electron chi connectivity index (χ0n) is 12.1. The summed E-state index contributed by atoms with van der Waals surface area (Å²) in [4.78, 5) is 16.8. The first-order valence-corrected chi connectivity index (χ1v) is 7.48. The fraction of sp³-hybridized carbons (Fsp3) is 0.692. The quantitative estimate of drug-likeness (QED) is 0.894. The number of rotatable bonds is 4. The Morgan fingerprint density at radius 3 is 2.65 bits per heavy atom. The van der Waals surface area contributed by atoms with Crippen LogP contribution in [0.4, 0.5) is 5.13 Å². The number of carbonyl (C=O) groups excluding carboxylic acids is 1. The normalized spacial score (nSPS) is 17.6. The predicted molar refractivity (Wildman–Crippen MR) is 83.9 cm³/mol. The lowest BCUT2D eigenvalue weighted by atomic mass is 9.91. The van der Waals surface area contributed by atoms with Crippen LogP contribution in [0.3, 0.4) is 0 Å². The molecule has 1 aliphatic rings. The average Bonchev–Trinajstić information content (AvgIpc) is 2.88. The van der Waals surface area contributed by atoms with Gasteiger partial charge >= 0.3 is 0 Å². The van der Waals surface area contributed by atoms with Crippen LogP contribution in [-0.4, -0.2) is 36.7 Å². The predicted octanol–water partition coefficient (Wildman–Crippen LogP) is 2.40. The second-order valence-corrected chi connectivity index (χ2v) is 5.99. The number of carbonyl (C=O) groups is 1. The van der Waals surface area contributed by atoms with Crippen LogP contribution in [0.1, 0.15) is 38.3 Å². The number of halogens is 1. The molecule has 7 heteroatoms. The van der Waals surface area contributed by atoms with Gasteiger partial charge in [0.15, 0.2) is 5.13 Å². The van der Waals surface area contributed by atoms with Crippen molar-refractivity contribution < 1.29 is 9.53 Å². The molecule has 20 heavy (non-hydrogen) atoms. The molecule has 0 radical (unpaired) electrons. The Balaban J connectivity index is 0.00000200. The summed E-state index contributed by atoms with van der Waals surface area (Å²) in [6.07, 6.45) is 1.38. The SMILES string of the molecule is COC1(C(=O)Nc2nc(C(C)C)cs2)CCNCC1.Cl. The lowest BCUT2D eigenvalue weighted by Gasteiger charge is -2.34. The largest absolute Gasteiger partial charge is 0.368 e. The number of hydrogen-bond acceptors (Lipinski definition) is 5. The van der Waals surface area contributed by atoms with E-state index in [1.54, 1.807) is 7.11 Å². The molecule has 1 saturated heterocycles.